The fourth-order valence-corrected chi connectivity index (χ4v) is 2.87. The Kier molecular flexibility index (Phi) is 2.05. The molecule has 100 valence electrons. The Balaban J connectivity index is 2.26. The average molecular weight is 262 g/mol. The van der Waals surface area contributed by atoms with Crippen molar-refractivity contribution in [2.24, 2.45) is 5.92 Å². The number of halogens is 4. The molecule has 2 aliphatic carbocycles. The summed E-state index contributed by atoms with van der Waals surface area (Å²) in [4.78, 5) is 0. The summed E-state index contributed by atoms with van der Waals surface area (Å²) in [7, 11) is 0. The predicted molar refractivity (Wildman–Crippen MR) is 56.9 cm³/mol. The molecule has 2 atom stereocenters. The summed E-state index contributed by atoms with van der Waals surface area (Å²) in [6, 6.07) is 0. The largest absolute Gasteiger partial charge is 0.293 e. The molecule has 0 radical (unpaired) electrons. The average Bonchev–Trinajstić information content (AvgIpc) is 2.82. The summed E-state index contributed by atoms with van der Waals surface area (Å²) in [5.74, 6) is -4.24. The first-order chi connectivity index (χ1) is 8.15. The Morgan fingerprint density at radius 1 is 1.33 bits per heavy atom. The molecule has 0 aromatic carbocycles. The van der Waals surface area contributed by atoms with Crippen LogP contribution < -0.4 is 0 Å². The molecule has 18 heavy (non-hydrogen) atoms. The van der Waals surface area contributed by atoms with Crippen molar-refractivity contribution < 1.29 is 17.6 Å². The van der Waals surface area contributed by atoms with E-state index in [1.54, 1.807) is 20.8 Å². The molecule has 1 aromatic heterocycles. The minimum atomic E-state index is -3.02. The maximum atomic E-state index is 14.1. The highest BCUT2D eigenvalue weighted by Crippen LogP contribution is 2.68. The highest BCUT2D eigenvalue weighted by Gasteiger charge is 2.67. The Bertz CT molecular complexity index is 513. The number of fused-ring (bicyclic) bond motifs is 3. The van der Waals surface area contributed by atoms with Gasteiger partial charge in [0.1, 0.15) is 11.4 Å². The summed E-state index contributed by atoms with van der Waals surface area (Å²) in [5, 5.41) is 3.76. The van der Waals surface area contributed by atoms with Gasteiger partial charge in [0, 0.05) is 11.5 Å². The van der Waals surface area contributed by atoms with Gasteiger partial charge in [-0.25, -0.2) is 8.78 Å². The van der Waals surface area contributed by atoms with Crippen LogP contribution in [0.3, 0.4) is 0 Å². The van der Waals surface area contributed by atoms with Gasteiger partial charge in [-0.1, -0.05) is 0 Å². The number of nitrogens with zero attached hydrogens (tertiary/aromatic N) is 2. The Hall–Kier alpha value is -1.07. The van der Waals surface area contributed by atoms with Crippen LogP contribution in [-0.4, -0.2) is 9.78 Å². The van der Waals surface area contributed by atoms with Gasteiger partial charge in [-0.15, -0.1) is 0 Å². The maximum absolute atomic E-state index is 14.1. The lowest BCUT2D eigenvalue weighted by Crippen LogP contribution is -2.30. The van der Waals surface area contributed by atoms with Gasteiger partial charge in [-0.05, 0) is 33.1 Å². The Morgan fingerprint density at radius 3 is 2.44 bits per heavy atom. The van der Waals surface area contributed by atoms with Crippen molar-refractivity contribution in [2.75, 3.05) is 0 Å². The second kappa shape index (κ2) is 3.08. The number of rotatable bonds is 1. The van der Waals surface area contributed by atoms with Gasteiger partial charge in [0.05, 0.1) is 5.54 Å². The second-order valence-corrected chi connectivity index (χ2v) is 6.10. The van der Waals surface area contributed by atoms with Gasteiger partial charge in [0.15, 0.2) is 0 Å². The zero-order chi connectivity index (χ0) is 13.5. The van der Waals surface area contributed by atoms with E-state index in [0.717, 1.165) is 4.68 Å². The third-order valence-corrected chi connectivity index (χ3v) is 3.74. The standard InChI is InChI=1S/C12H14F4N2/c1-11(2,3)18-9-7(8(17-18)10(13)14)5-4-6(5)12(9,15)16/h5-6,10H,4H2,1-3H3/t5-,6+/m0/s1. The van der Waals surface area contributed by atoms with Crippen LogP contribution >= 0.6 is 0 Å². The van der Waals surface area contributed by atoms with E-state index in [1.807, 2.05) is 0 Å². The third kappa shape index (κ3) is 1.32. The van der Waals surface area contributed by atoms with Crippen LogP contribution in [0.25, 0.3) is 0 Å². The van der Waals surface area contributed by atoms with E-state index >= 15 is 0 Å². The highest BCUT2D eigenvalue weighted by molar-refractivity contribution is 5.46. The molecule has 1 saturated carbocycles. The van der Waals surface area contributed by atoms with Crippen molar-refractivity contribution in [2.45, 2.75) is 51.0 Å². The minimum absolute atomic E-state index is 0.106. The molecule has 1 heterocycles. The molecular weight excluding hydrogens is 248 g/mol. The zero-order valence-electron chi connectivity index (χ0n) is 10.3. The summed E-state index contributed by atoms with van der Waals surface area (Å²) in [6.07, 6.45) is -2.49. The summed E-state index contributed by atoms with van der Waals surface area (Å²) in [5.41, 5.74) is -1.36. The number of aromatic nitrogens is 2. The van der Waals surface area contributed by atoms with E-state index < -0.39 is 35.4 Å². The summed E-state index contributed by atoms with van der Waals surface area (Å²) in [6.45, 7) is 5.07. The van der Waals surface area contributed by atoms with Crippen molar-refractivity contribution in [1.29, 1.82) is 0 Å². The lowest BCUT2D eigenvalue weighted by Gasteiger charge is -2.25. The number of alkyl halides is 4. The lowest BCUT2D eigenvalue weighted by molar-refractivity contribution is -0.0343. The van der Waals surface area contributed by atoms with Crippen LogP contribution in [0.5, 0.6) is 0 Å². The Morgan fingerprint density at radius 2 is 1.94 bits per heavy atom. The fourth-order valence-electron chi connectivity index (χ4n) is 2.87. The maximum Gasteiger partial charge on any atom is 0.293 e. The first kappa shape index (κ1) is 12.0. The predicted octanol–water partition coefficient (Wildman–Crippen LogP) is 3.78. The van der Waals surface area contributed by atoms with Crippen LogP contribution in [0, 0.1) is 5.92 Å². The van der Waals surface area contributed by atoms with Crippen molar-refractivity contribution >= 4 is 0 Å². The van der Waals surface area contributed by atoms with Crippen LogP contribution in [0.4, 0.5) is 17.6 Å². The second-order valence-electron chi connectivity index (χ2n) is 6.10. The molecule has 1 fully saturated rings. The van der Waals surface area contributed by atoms with Crippen molar-refractivity contribution in [1.82, 2.24) is 9.78 Å². The van der Waals surface area contributed by atoms with Gasteiger partial charge >= 0.3 is 0 Å². The van der Waals surface area contributed by atoms with E-state index in [0.29, 0.717) is 6.42 Å². The van der Waals surface area contributed by atoms with Crippen LogP contribution in [0.2, 0.25) is 0 Å². The normalized spacial score (nSPS) is 28.4. The van der Waals surface area contributed by atoms with Gasteiger partial charge < -0.3 is 0 Å². The zero-order valence-corrected chi connectivity index (χ0v) is 10.3. The molecule has 0 amide bonds. The van der Waals surface area contributed by atoms with Gasteiger partial charge in [-0.2, -0.15) is 13.9 Å². The highest BCUT2D eigenvalue weighted by atomic mass is 19.3. The molecule has 6 heteroatoms. The van der Waals surface area contributed by atoms with Crippen molar-refractivity contribution in [3.63, 3.8) is 0 Å². The number of hydrogen-bond acceptors (Lipinski definition) is 1. The molecule has 0 saturated heterocycles. The van der Waals surface area contributed by atoms with E-state index in [-0.39, 0.29) is 11.3 Å². The molecule has 0 spiro atoms. The molecule has 0 N–H and O–H groups in total. The number of hydrogen-bond donors (Lipinski definition) is 0. The summed E-state index contributed by atoms with van der Waals surface area (Å²) >= 11 is 0. The van der Waals surface area contributed by atoms with Crippen LogP contribution in [0.1, 0.15) is 56.5 Å². The van der Waals surface area contributed by atoms with E-state index in [2.05, 4.69) is 5.10 Å². The molecular formula is C12H14F4N2. The van der Waals surface area contributed by atoms with Crippen LogP contribution in [-0.2, 0) is 11.5 Å². The molecule has 0 aliphatic heterocycles. The topological polar surface area (TPSA) is 17.8 Å². The monoisotopic (exact) mass is 262 g/mol. The van der Waals surface area contributed by atoms with Crippen molar-refractivity contribution in [3.05, 3.63) is 17.0 Å². The van der Waals surface area contributed by atoms with E-state index in [9.17, 15) is 17.6 Å². The van der Waals surface area contributed by atoms with Crippen molar-refractivity contribution in [3.8, 4) is 0 Å². The van der Waals surface area contributed by atoms with Gasteiger partial charge in [-0.3, -0.25) is 4.68 Å². The quantitative estimate of drug-likeness (QED) is 0.704. The summed E-state index contributed by atoms with van der Waals surface area (Å²) < 4.78 is 55.3. The smallest absolute Gasteiger partial charge is 0.257 e. The first-order valence-corrected chi connectivity index (χ1v) is 5.95. The molecule has 0 unspecified atom stereocenters. The SMILES string of the molecule is CC(C)(C)n1nc(C(F)F)c2c1C(F)(F)[C@@H]1C[C@H]21. The molecule has 0 bridgehead atoms. The lowest BCUT2D eigenvalue weighted by atomic mass is 10.1. The van der Waals surface area contributed by atoms with Gasteiger partial charge in [0.25, 0.3) is 12.3 Å². The van der Waals surface area contributed by atoms with E-state index in [4.69, 9.17) is 0 Å². The first-order valence-electron chi connectivity index (χ1n) is 5.95. The molecule has 2 nitrogen and oxygen atoms in total. The minimum Gasteiger partial charge on any atom is -0.257 e. The fraction of sp³-hybridized carbons (Fsp3) is 0.750. The van der Waals surface area contributed by atoms with Crippen LogP contribution in [0.15, 0.2) is 0 Å². The van der Waals surface area contributed by atoms with Gasteiger partial charge in [0.2, 0.25) is 0 Å². The third-order valence-electron chi connectivity index (χ3n) is 3.74. The van der Waals surface area contributed by atoms with E-state index in [1.165, 1.54) is 0 Å². The molecule has 2 aliphatic rings. The molecule has 3 rings (SSSR count). The molecule has 1 aromatic rings. The Labute approximate surface area is 102 Å².